The molecule has 0 aliphatic rings. The van der Waals surface area contributed by atoms with Crippen LogP contribution in [0.15, 0.2) is 66.7 Å². The lowest BCUT2D eigenvalue weighted by atomic mass is 10.0. The Kier molecular flexibility index (Phi) is 5.02. The molecule has 4 heteroatoms. The molecule has 3 aromatic carbocycles. The maximum Gasteiger partial charge on any atom is 0.146 e. The first kappa shape index (κ1) is 16.3. The minimum Gasteiger partial charge on any atom is -0.496 e. The third-order valence-corrected chi connectivity index (χ3v) is 3.99. The highest BCUT2D eigenvalue weighted by Crippen LogP contribution is 2.32. The summed E-state index contributed by atoms with van der Waals surface area (Å²) < 4.78 is 19.2. The van der Waals surface area contributed by atoms with Crippen LogP contribution in [-0.2, 0) is 6.54 Å². The van der Waals surface area contributed by atoms with Crippen molar-refractivity contribution in [3.8, 4) is 16.9 Å². The maximum atomic E-state index is 13.7. The van der Waals surface area contributed by atoms with E-state index in [1.165, 1.54) is 6.07 Å². The third-order valence-electron chi connectivity index (χ3n) is 3.76. The molecular formula is C20H17ClFNO. The molecule has 0 atom stereocenters. The molecule has 0 radical (unpaired) electrons. The molecule has 3 rings (SSSR count). The molecule has 24 heavy (non-hydrogen) atoms. The van der Waals surface area contributed by atoms with Gasteiger partial charge in [0, 0.05) is 17.1 Å². The number of nitrogens with one attached hydrogen (secondary N) is 1. The zero-order chi connectivity index (χ0) is 16.9. The van der Waals surface area contributed by atoms with Crippen molar-refractivity contribution in [1.29, 1.82) is 0 Å². The molecule has 122 valence electrons. The first-order valence-electron chi connectivity index (χ1n) is 7.58. The minimum atomic E-state index is -0.263. The Bertz CT molecular complexity index is 851. The van der Waals surface area contributed by atoms with E-state index in [2.05, 4.69) is 5.32 Å². The van der Waals surface area contributed by atoms with Gasteiger partial charge in [-0.15, -0.1) is 0 Å². The van der Waals surface area contributed by atoms with Crippen molar-refractivity contribution in [3.63, 3.8) is 0 Å². The number of halogens is 2. The largest absolute Gasteiger partial charge is 0.496 e. The first-order valence-corrected chi connectivity index (χ1v) is 7.96. The zero-order valence-electron chi connectivity index (χ0n) is 13.2. The Balaban J connectivity index is 1.88. The zero-order valence-corrected chi connectivity index (χ0v) is 14.0. The molecule has 0 amide bonds. The van der Waals surface area contributed by atoms with Gasteiger partial charge in [0.25, 0.3) is 0 Å². The Hall–Kier alpha value is -2.52. The van der Waals surface area contributed by atoms with E-state index in [0.717, 1.165) is 22.4 Å². The molecule has 2 nitrogen and oxygen atoms in total. The summed E-state index contributed by atoms with van der Waals surface area (Å²) in [7, 11) is 1.64. The Morgan fingerprint density at radius 1 is 1.00 bits per heavy atom. The number of hydrogen-bond acceptors (Lipinski definition) is 2. The fourth-order valence-corrected chi connectivity index (χ4v) is 2.74. The quantitative estimate of drug-likeness (QED) is 0.636. The van der Waals surface area contributed by atoms with E-state index in [-0.39, 0.29) is 5.82 Å². The molecule has 0 aliphatic carbocycles. The van der Waals surface area contributed by atoms with Crippen LogP contribution in [0.1, 0.15) is 5.56 Å². The summed E-state index contributed by atoms with van der Waals surface area (Å²) in [4.78, 5) is 0. The van der Waals surface area contributed by atoms with Gasteiger partial charge in [-0.3, -0.25) is 0 Å². The van der Waals surface area contributed by atoms with Gasteiger partial charge < -0.3 is 10.1 Å². The van der Waals surface area contributed by atoms with Crippen molar-refractivity contribution in [2.75, 3.05) is 12.4 Å². The van der Waals surface area contributed by atoms with Crippen LogP contribution >= 0.6 is 11.6 Å². The van der Waals surface area contributed by atoms with E-state index < -0.39 is 0 Å². The van der Waals surface area contributed by atoms with Crippen LogP contribution in [0.25, 0.3) is 11.1 Å². The van der Waals surface area contributed by atoms with Gasteiger partial charge in [-0.25, -0.2) is 4.39 Å². The fourth-order valence-electron chi connectivity index (χ4n) is 2.55. The van der Waals surface area contributed by atoms with Crippen molar-refractivity contribution in [3.05, 3.63) is 83.1 Å². The smallest absolute Gasteiger partial charge is 0.146 e. The molecule has 0 spiro atoms. The van der Waals surface area contributed by atoms with Gasteiger partial charge in [0.15, 0.2) is 0 Å². The molecule has 0 saturated heterocycles. The second-order valence-electron chi connectivity index (χ2n) is 5.38. The maximum absolute atomic E-state index is 13.7. The van der Waals surface area contributed by atoms with Crippen LogP contribution in [0.5, 0.6) is 5.75 Å². The van der Waals surface area contributed by atoms with Gasteiger partial charge in [-0.2, -0.15) is 0 Å². The minimum absolute atomic E-state index is 0.263. The topological polar surface area (TPSA) is 21.3 Å². The van der Waals surface area contributed by atoms with Gasteiger partial charge in [0.05, 0.1) is 12.8 Å². The Morgan fingerprint density at radius 2 is 1.83 bits per heavy atom. The van der Waals surface area contributed by atoms with E-state index in [9.17, 15) is 4.39 Å². The van der Waals surface area contributed by atoms with Gasteiger partial charge in [0.2, 0.25) is 0 Å². The number of para-hydroxylation sites is 1. The monoisotopic (exact) mass is 341 g/mol. The van der Waals surface area contributed by atoms with Crippen LogP contribution in [0.4, 0.5) is 10.1 Å². The van der Waals surface area contributed by atoms with Crippen LogP contribution in [0, 0.1) is 5.82 Å². The van der Waals surface area contributed by atoms with Crippen molar-refractivity contribution < 1.29 is 9.13 Å². The standard InChI is InChI=1S/C20H17ClFNO/c1-24-20-10-9-14(13-23-19-8-3-2-7-18(19)22)11-17(20)15-5-4-6-16(21)12-15/h2-12,23H,13H2,1H3. The van der Waals surface area contributed by atoms with E-state index >= 15 is 0 Å². The molecule has 1 N–H and O–H groups in total. The average Bonchev–Trinajstić information content (AvgIpc) is 2.61. The van der Waals surface area contributed by atoms with Gasteiger partial charge in [-0.05, 0) is 47.5 Å². The highest BCUT2D eigenvalue weighted by molar-refractivity contribution is 6.30. The highest BCUT2D eigenvalue weighted by atomic mass is 35.5. The highest BCUT2D eigenvalue weighted by Gasteiger charge is 2.08. The number of ether oxygens (including phenoxy) is 1. The van der Waals surface area contributed by atoms with Crippen LogP contribution in [0.2, 0.25) is 5.02 Å². The summed E-state index contributed by atoms with van der Waals surface area (Å²) in [6.45, 7) is 0.512. The number of anilines is 1. The first-order chi connectivity index (χ1) is 11.7. The summed E-state index contributed by atoms with van der Waals surface area (Å²) in [6, 6.07) is 20.1. The fraction of sp³-hybridized carbons (Fsp3) is 0.100. The molecule has 0 aliphatic heterocycles. The van der Waals surface area contributed by atoms with E-state index in [0.29, 0.717) is 17.3 Å². The van der Waals surface area contributed by atoms with Crippen molar-refractivity contribution >= 4 is 17.3 Å². The SMILES string of the molecule is COc1ccc(CNc2ccccc2F)cc1-c1cccc(Cl)c1. The molecule has 0 bridgehead atoms. The predicted molar refractivity (Wildman–Crippen MR) is 97.2 cm³/mol. The van der Waals surface area contributed by atoms with Crippen LogP contribution in [0.3, 0.4) is 0 Å². The molecule has 0 saturated carbocycles. The molecule has 3 aromatic rings. The van der Waals surface area contributed by atoms with Crippen molar-refractivity contribution in [2.24, 2.45) is 0 Å². The van der Waals surface area contributed by atoms with E-state index in [1.807, 2.05) is 42.5 Å². The van der Waals surface area contributed by atoms with Crippen LogP contribution in [-0.4, -0.2) is 7.11 Å². The normalized spacial score (nSPS) is 10.5. The molecule has 0 unspecified atom stereocenters. The second-order valence-corrected chi connectivity index (χ2v) is 5.81. The lowest BCUT2D eigenvalue weighted by Gasteiger charge is -2.13. The number of rotatable bonds is 5. The summed E-state index contributed by atoms with van der Waals surface area (Å²) >= 11 is 6.09. The number of hydrogen-bond donors (Lipinski definition) is 1. The number of benzene rings is 3. The van der Waals surface area contributed by atoms with Crippen molar-refractivity contribution in [2.45, 2.75) is 6.54 Å². The third kappa shape index (κ3) is 3.69. The Labute approximate surface area is 145 Å². The predicted octanol–water partition coefficient (Wildman–Crippen LogP) is 5.77. The number of methoxy groups -OCH3 is 1. The summed E-state index contributed by atoms with van der Waals surface area (Å²) in [6.07, 6.45) is 0. The van der Waals surface area contributed by atoms with Crippen LogP contribution < -0.4 is 10.1 Å². The average molecular weight is 342 g/mol. The van der Waals surface area contributed by atoms with Crippen molar-refractivity contribution in [1.82, 2.24) is 0 Å². The lowest BCUT2D eigenvalue weighted by Crippen LogP contribution is -2.02. The van der Waals surface area contributed by atoms with Gasteiger partial charge >= 0.3 is 0 Å². The second kappa shape index (κ2) is 7.37. The molecule has 0 fully saturated rings. The molecule has 0 aromatic heterocycles. The van der Waals surface area contributed by atoms with Gasteiger partial charge in [0.1, 0.15) is 11.6 Å². The van der Waals surface area contributed by atoms with Gasteiger partial charge in [-0.1, -0.05) is 41.9 Å². The summed E-state index contributed by atoms with van der Waals surface area (Å²) in [5, 5.41) is 3.79. The Morgan fingerprint density at radius 3 is 2.58 bits per heavy atom. The van der Waals surface area contributed by atoms with E-state index in [4.69, 9.17) is 16.3 Å². The molecular weight excluding hydrogens is 325 g/mol. The lowest BCUT2D eigenvalue weighted by molar-refractivity contribution is 0.416. The van der Waals surface area contributed by atoms with E-state index in [1.54, 1.807) is 25.3 Å². The molecule has 0 heterocycles. The summed E-state index contributed by atoms with van der Waals surface area (Å²) in [5.74, 6) is 0.507. The summed E-state index contributed by atoms with van der Waals surface area (Å²) in [5.41, 5.74) is 3.44.